The average molecular weight is 323 g/mol. The number of ether oxygens (including phenoxy) is 1. The minimum atomic E-state index is -0.143. The number of hydrogen-bond donors (Lipinski definition) is 0. The summed E-state index contributed by atoms with van der Waals surface area (Å²) in [5, 5.41) is 0. The van der Waals surface area contributed by atoms with Crippen LogP contribution < -0.4 is 0 Å². The summed E-state index contributed by atoms with van der Waals surface area (Å²) in [7, 11) is 0. The zero-order valence-corrected chi connectivity index (χ0v) is 14.2. The standard InChI is InChI=1S/C21H25NO2/c1-2-16-24-21(18-12-7-4-8-13-18)20(17-10-5-3-6-11-17)22-15-9-14-19(22)23/h3-8,10-13,20-21H,2,9,14-16H2,1H3/t20-,21-/m0/s1. The first kappa shape index (κ1) is 16.7. The normalized spacial score (nSPS) is 17.0. The van der Waals surface area contributed by atoms with Crippen molar-refractivity contribution in [1.82, 2.24) is 4.90 Å². The van der Waals surface area contributed by atoms with Gasteiger partial charge in [0.15, 0.2) is 0 Å². The summed E-state index contributed by atoms with van der Waals surface area (Å²) in [6, 6.07) is 20.5. The van der Waals surface area contributed by atoms with Crippen molar-refractivity contribution in [1.29, 1.82) is 0 Å². The Morgan fingerprint density at radius 1 is 1.00 bits per heavy atom. The fourth-order valence-corrected chi connectivity index (χ4v) is 3.39. The van der Waals surface area contributed by atoms with Crippen molar-refractivity contribution in [2.75, 3.05) is 13.2 Å². The van der Waals surface area contributed by atoms with Crippen molar-refractivity contribution in [2.24, 2.45) is 0 Å². The van der Waals surface area contributed by atoms with E-state index in [2.05, 4.69) is 31.2 Å². The lowest BCUT2D eigenvalue weighted by Gasteiger charge is -2.35. The first-order valence-corrected chi connectivity index (χ1v) is 8.82. The Balaban J connectivity index is 2.01. The maximum absolute atomic E-state index is 12.5. The highest BCUT2D eigenvalue weighted by atomic mass is 16.5. The highest BCUT2D eigenvalue weighted by Crippen LogP contribution is 2.39. The molecule has 1 aliphatic heterocycles. The SMILES string of the molecule is CCCO[C@@H](c1ccccc1)[C@H](c1ccccc1)N1CCCC1=O. The van der Waals surface area contributed by atoms with Crippen LogP contribution in [0.15, 0.2) is 60.7 Å². The van der Waals surface area contributed by atoms with Crippen LogP contribution in [0.4, 0.5) is 0 Å². The lowest BCUT2D eigenvalue weighted by atomic mass is 9.94. The van der Waals surface area contributed by atoms with E-state index in [4.69, 9.17) is 4.74 Å². The molecule has 0 spiro atoms. The van der Waals surface area contributed by atoms with Gasteiger partial charge < -0.3 is 9.64 Å². The van der Waals surface area contributed by atoms with Crippen LogP contribution in [0.25, 0.3) is 0 Å². The molecule has 1 saturated heterocycles. The molecule has 0 N–H and O–H groups in total. The second-order valence-electron chi connectivity index (χ2n) is 6.25. The van der Waals surface area contributed by atoms with Crippen LogP contribution in [-0.2, 0) is 9.53 Å². The number of amides is 1. The molecule has 1 fully saturated rings. The van der Waals surface area contributed by atoms with Crippen molar-refractivity contribution in [3.8, 4) is 0 Å². The molecule has 1 amide bonds. The molecule has 1 aliphatic rings. The maximum Gasteiger partial charge on any atom is 0.223 e. The largest absolute Gasteiger partial charge is 0.371 e. The zero-order valence-electron chi connectivity index (χ0n) is 14.2. The van der Waals surface area contributed by atoms with Gasteiger partial charge in [0.25, 0.3) is 0 Å². The van der Waals surface area contributed by atoms with Crippen LogP contribution in [0.3, 0.4) is 0 Å². The summed E-state index contributed by atoms with van der Waals surface area (Å²) >= 11 is 0. The van der Waals surface area contributed by atoms with Gasteiger partial charge in [-0.2, -0.15) is 0 Å². The average Bonchev–Trinajstić information content (AvgIpc) is 3.05. The summed E-state index contributed by atoms with van der Waals surface area (Å²) < 4.78 is 6.26. The molecule has 1 heterocycles. The van der Waals surface area contributed by atoms with Crippen LogP contribution in [0, 0.1) is 0 Å². The molecule has 2 aromatic rings. The molecule has 3 nitrogen and oxygen atoms in total. The van der Waals surface area contributed by atoms with E-state index in [9.17, 15) is 4.79 Å². The van der Waals surface area contributed by atoms with Crippen LogP contribution in [0.1, 0.15) is 49.5 Å². The van der Waals surface area contributed by atoms with E-state index in [1.165, 1.54) is 0 Å². The third kappa shape index (κ3) is 3.68. The summed E-state index contributed by atoms with van der Waals surface area (Å²) in [5.74, 6) is 0.227. The number of benzene rings is 2. The van der Waals surface area contributed by atoms with Gasteiger partial charge in [0.2, 0.25) is 5.91 Å². The van der Waals surface area contributed by atoms with E-state index < -0.39 is 0 Å². The Labute approximate surface area is 144 Å². The van der Waals surface area contributed by atoms with E-state index in [-0.39, 0.29) is 18.1 Å². The Morgan fingerprint density at radius 3 is 2.17 bits per heavy atom. The van der Waals surface area contributed by atoms with Gasteiger partial charge in [-0.1, -0.05) is 67.6 Å². The van der Waals surface area contributed by atoms with Crippen LogP contribution in [0.2, 0.25) is 0 Å². The third-order valence-corrected chi connectivity index (χ3v) is 4.50. The van der Waals surface area contributed by atoms with Crippen molar-refractivity contribution in [2.45, 2.75) is 38.3 Å². The molecule has 2 atom stereocenters. The fourth-order valence-electron chi connectivity index (χ4n) is 3.39. The second-order valence-corrected chi connectivity index (χ2v) is 6.25. The van der Waals surface area contributed by atoms with Gasteiger partial charge in [0.1, 0.15) is 6.10 Å². The fraction of sp³-hybridized carbons (Fsp3) is 0.381. The van der Waals surface area contributed by atoms with Crippen LogP contribution in [0.5, 0.6) is 0 Å². The van der Waals surface area contributed by atoms with E-state index >= 15 is 0 Å². The van der Waals surface area contributed by atoms with Crippen LogP contribution in [-0.4, -0.2) is 24.0 Å². The van der Waals surface area contributed by atoms with Crippen molar-refractivity contribution < 1.29 is 9.53 Å². The lowest BCUT2D eigenvalue weighted by molar-refractivity contribution is -0.133. The van der Waals surface area contributed by atoms with Crippen molar-refractivity contribution in [3.05, 3.63) is 71.8 Å². The number of carbonyl (C=O) groups is 1. The molecule has 126 valence electrons. The van der Waals surface area contributed by atoms with Crippen LogP contribution >= 0.6 is 0 Å². The van der Waals surface area contributed by atoms with E-state index in [0.717, 1.165) is 30.5 Å². The maximum atomic E-state index is 12.5. The van der Waals surface area contributed by atoms with Gasteiger partial charge in [-0.05, 0) is 24.0 Å². The van der Waals surface area contributed by atoms with Gasteiger partial charge in [-0.25, -0.2) is 0 Å². The molecule has 0 radical (unpaired) electrons. The van der Waals surface area contributed by atoms with E-state index in [1.807, 2.05) is 41.3 Å². The van der Waals surface area contributed by atoms with Gasteiger partial charge >= 0.3 is 0 Å². The molecule has 0 unspecified atom stereocenters. The molecule has 3 rings (SSSR count). The minimum Gasteiger partial charge on any atom is -0.371 e. The first-order valence-electron chi connectivity index (χ1n) is 8.82. The summed E-state index contributed by atoms with van der Waals surface area (Å²) in [6.07, 6.45) is 2.38. The molecule has 3 heteroatoms. The van der Waals surface area contributed by atoms with Gasteiger partial charge in [-0.15, -0.1) is 0 Å². The Morgan fingerprint density at radius 2 is 1.62 bits per heavy atom. The van der Waals surface area contributed by atoms with E-state index in [1.54, 1.807) is 0 Å². The smallest absolute Gasteiger partial charge is 0.223 e. The number of likely N-dealkylation sites (tertiary alicyclic amines) is 1. The number of nitrogens with zero attached hydrogens (tertiary/aromatic N) is 1. The Hall–Kier alpha value is -2.13. The third-order valence-electron chi connectivity index (χ3n) is 4.50. The Kier molecular flexibility index (Phi) is 5.65. The summed E-state index contributed by atoms with van der Waals surface area (Å²) in [6.45, 7) is 3.60. The highest BCUT2D eigenvalue weighted by molar-refractivity contribution is 5.78. The first-order chi connectivity index (χ1) is 11.8. The van der Waals surface area contributed by atoms with Crippen molar-refractivity contribution >= 4 is 5.91 Å². The minimum absolute atomic E-state index is 0.0739. The molecular formula is C21H25NO2. The predicted octanol–water partition coefficient (Wildman–Crippen LogP) is 4.52. The topological polar surface area (TPSA) is 29.5 Å². The number of rotatable bonds is 7. The predicted molar refractivity (Wildman–Crippen MR) is 95.6 cm³/mol. The zero-order chi connectivity index (χ0) is 16.8. The number of carbonyl (C=O) groups excluding carboxylic acids is 1. The van der Waals surface area contributed by atoms with Gasteiger partial charge in [-0.3, -0.25) is 4.79 Å². The molecule has 2 aromatic carbocycles. The highest BCUT2D eigenvalue weighted by Gasteiger charge is 2.36. The second kappa shape index (κ2) is 8.11. The summed E-state index contributed by atoms with van der Waals surface area (Å²) in [5.41, 5.74) is 2.26. The number of hydrogen-bond acceptors (Lipinski definition) is 2. The molecule has 24 heavy (non-hydrogen) atoms. The van der Waals surface area contributed by atoms with Crippen molar-refractivity contribution in [3.63, 3.8) is 0 Å². The molecule has 0 aliphatic carbocycles. The quantitative estimate of drug-likeness (QED) is 0.750. The summed E-state index contributed by atoms with van der Waals surface area (Å²) in [4.78, 5) is 14.5. The van der Waals surface area contributed by atoms with E-state index in [0.29, 0.717) is 13.0 Å². The van der Waals surface area contributed by atoms with Gasteiger partial charge in [0.05, 0.1) is 6.04 Å². The molecule has 0 saturated carbocycles. The monoisotopic (exact) mass is 323 g/mol. The molecule has 0 bridgehead atoms. The van der Waals surface area contributed by atoms with Gasteiger partial charge in [0, 0.05) is 19.6 Å². The Bertz CT molecular complexity index is 641. The molecule has 0 aromatic heterocycles. The molecular weight excluding hydrogens is 298 g/mol. The lowest BCUT2D eigenvalue weighted by Crippen LogP contribution is -2.35.